The van der Waals surface area contributed by atoms with Crippen LogP contribution in [0.5, 0.6) is 0 Å². The fourth-order valence-corrected chi connectivity index (χ4v) is 2.28. The summed E-state index contributed by atoms with van der Waals surface area (Å²) >= 11 is 1.95. The first-order valence-corrected chi connectivity index (χ1v) is 4.88. The Morgan fingerprint density at radius 2 is 2.60 bits per heavy atom. The van der Waals surface area contributed by atoms with Gasteiger partial charge in [-0.3, -0.25) is 0 Å². The SMILES string of the molecule is CC(CF)NC1CCSC1. The molecule has 1 heterocycles. The van der Waals surface area contributed by atoms with Crippen LogP contribution in [0.2, 0.25) is 0 Å². The normalized spacial score (nSPS) is 28.8. The zero-order chi connectivity index (χ0) is 7.40. The molecular weight excluding hydrogens is 149 g/mol. The summed E-state index contributed by atoms with van der Waals surface area (Å²) in [6.45, 7) is 1.64. The van der Waals surface area contributed by atoms with E-state index in [1.165, 1.54) is 12.2 Å². The van der Waals surface area contributed by atoms with Crippen molar-refractivity contribution in [1.29, 1.82) is 0 Å². The van der Waals surface area contributed by atoms with E-state index in [-0.39, 0.29) is 12.7 Å². The molecule has 1 aliphatic heterocycles. The van der Waals surface area contributed by atoms with E-state index < -0.39 is 0 Å². The molecule has 1 N–H and O–H groups in total. The lowest BCUT2D eigenvalue weighted by Crippen LogP contribution is -2.37. The molecule has 1 saturated heterocycles. The highest BCUT2D eigenvalue weighted by molar-refractivity contribution is 7.99. The Bertz CT molecular complexity index is 93.6. The maximum Gasteiger partial charge on any atom is 0.104 e. The van der Waals surface area contributed by atoms with Crippen molar-refractivity contribution in [2.75, 3.05) is 18.2 Å². The van der Waals surface area contributed by atoms with E-state index in [2.05, 4.69) is 5.32 Å². The van der Waals surface area contributed by atoms with Gasteiger partial charge in [-0.15, -0.1) is 0 Å². The molecule has 1 rings (SSSR count). The predicted molar refractivity (Wildman–Crippen MR) is 44.3 cm³/mol. The number of hydrogen-bond acceptors (Lipinski definition) is 2. The van der Waals surface area contributed by atoms with Gasteiger partial charge in [0.15, 0.2) is 0 Å². The number of hydrogen-bond donors (Lipinski definition) is 1. The Labute approximate surface area is 65.8 Å². The Balaban J connectivity index is 2.11. The van der Waals surface area contributed by atoms with E-state index in [1.807, 2.05) is 18.7 Å². The van der Waals surface area contributed by atoms with Gasteiger partial charge >= 0.3 is 0 Å². The van der Waals surface area contributed by atoms with Crippen LogP contribution >= 0.6 is 11.8 Å². The second kappa shape index (κ2) is 4.19. The lowest BCUT2D eigenvalue weighted by atomic mass is 10.2. The molecule has 0 amide bonds. The molecule has 1 fully saturated rings. The molecule has 0 aromatic carbocycles. The van der Waals surface area contributed by atoms with Gasteiger partial charge in [0.25, 0.3) is 0 Å². The highest BCUT2D eigenvalue weighted by Crippen LogP contribution is 2.17. The second-order valence-corrected chi connectivity index (χ2v) is 3.93. The summed E-state index contributed by atoms with van der Waals surface area (Å²) < 4.78 is 12.0. The zero-order valence-electron chi connectivity index (χ0n) is 6.27. The fourth-order valence-electron chi connectivity index (χ4n) is 1.11. The summed E-state index contributed by atoms with van der Waals surface area (Å²) in [7, 11) is 0. The minimum absolute atomic E-state index is 0.0451. The van der Waals surface area contributed by atoms with Crippen molar-refractivity contribution >= 4 is 11.8 Å². The Hall–Kier alpha value is 0.240. The molecule has 0 aromatic heterocycles. The minimum Gasteiger partial charge on any atom is -0.308 e. The maximum absolute atomic E-state index is 12.0. The maximum atomic E-state index is 12.0. The first kappa shape index (κ1) is 8.34. The number of halogens is 1. The topological polar surface area (TPSA) is 12.0 Å². The molecule has 3 heteroatoms. The van der Waals surface area contributed by atoms with Crippen molar-refractivity contribution < 1.29 is 4.39 Å². The largest absolute Gasteiger partial charge is 0.308 e. The van der Waals surface area contributed by atoms with E-state index >= 15 is 0 Å². The van der Waals surface area contributed by atoms with Crippen LogP contribution in [0.15, 0.2) is 0 Å². The van der Waals surface area contributed by atoms with Crippen molar-refractivity contribution in [3.8, 4) is 0 Å². The average molecular weight is 163 g/mol. The van der Waals surface area contributed by atoms with Gasteiger partial charge in [0.1, 0.15) is 6.67 Å². The van der Waals surface area contributed by atoms with E-state index in [4.69, 9.17) is 0 Å². The van der Waals surface area contributed by atoms with Crippen LogP contribution < -0.4 is 5.32 Å². The lowest BCUT2D eigenvalue weighted by Gasteiger charge is -2.14. The first-order valence-electron chi connectivity index (χ1n) is 3.72. The van der Waals surface area contributed by atoms with Crippen LogP contribution in [0.4, 0.5) is 4.39 Å². The minimum atomic E-state index is -0.249. The van der Waals surface area contributed by atoms with Crippen LogP contribution in [-0.2, 0) is 0 Å². The Kier molecular flexibility index (Phi) is 3.49. The summed E-state index contributed by atoms with van der Waals surface area (Å²) in [6, 6.07) is 0.611. The highest BCUT2D eigenvalue weighted by atomic mass is 32.2. The standard InChI is InChI=1S/C7H14FNS/c1-6(4-8)9-7-2-3-10-5-7/h6-7,9H,2-5H2,1H3. The molecule has 10 heavy (non-hydrogen) atoms. The monoisotopic (exact) mass is 163 g/mol. The van der Waals surface area contributed by atoms with Gasteiger partial charge in [-0.25, -0.2) is 4.39 Å². The molecule has 0 aromatic rings. The van der Waals surface area contributed by atoms with Crippen molar-refractivity contribution in [3.05, 3.63) is 0 Å². The number of rotatable bonds is 3. The lowest BCUT2D eigenvalue weighted by molar-refractivity contribution is 0.367. The van der Waals surface area contributed by atoms with E-state index in [1.54, 1.807) is 0 Å². The number of nitrogens with one attached hydrogen (secondary N) is 1. The van der Waals surface area contributed by atoms with Gasteiger partial charge in [0, 0.05) is 17.8 Å². The molecule has 1 aliphatic rings. The van der Waals surface area contributed by atoms with Crippen molar-refractivity contribution in [3.63, 3.8) is 0 Å². The molecule has 1 nitrogen and oxygen atoms in total. The van der Waals surface area contributed by atoms with Gasteiger partial charge in [0.2, 0.25) is 0 Å². The quantitative estimate of drug-likeness (QED) is 0.675. The van der Waals surface area contributed by atoms with Crippen LogP contribution in [-0.4, -0.2) is 30.3 Å². The van der Waals surface area contributed by atoms with Crippen LogP contribution in [0, 0.1) is 0 Å². The Morgan fingerprint density at radius 3 is 3.10 bits per heavy atom. The molecule has 2 atom stereocenters. The highest BCUT2D eigenvalue weighted by Gasteiger charge is 2.16. The van der Waals surface area contributed by atoms with Crippen LogP contribution in [0.25, 0.3) is 0 Å². The molecule has 0 radical (unpaired) electrons. The molecule has 60 valence electrons. The smallest absolute Gasteiger partial charge is 0.104 e. The third-order valence-electron chi connectivity index (χ3n) is 1.68. The van der Waals surface area contributed by atoms with Crippen molar-refractivity contribution in [1.82, 2.24) is 5.32 Å². The van der Waals surface area contributed by atoms with Crippen molar-refractivity contribution in [2.24, 2.45) is 0 Å². The third kappa shape index (κ3) is 2.46. The van der Waals surface area contributed by atoms with Crippen LogP contribution in [0.3, 0.4) is 0 Å². The number of thioether (sulfide) groups is 1. The summed E-state index contributed by atoms with van der Waals surface area (Å²) in [5.74, 6) is 2.39. The predicted octanol–water partition coefficient (Wildman–Crippen LogP) is 1.44. The van der Waals surface area contributed by atoms with Gasteiger partial charge in [-0.1, -0.05) is 0 Å². The van der Waals surface area contributed by atoms with Crippen LogP contribution in [0.1, 0.15) is 13.3 Å². The van der Waals surface area contributed by atoms with Crippen molar-refractivity contribution in [2.45, 2.75) is 25.4 Å². The summed E-state index contributed by atoms with van der Waals surface area (Å²) in [5, 5.41) is 3.23. The molecule has 0 bridgehead atoms. The Morgan fingerprint density at radius 1 is 1.80 bits per heavy atom. The third-order valence-corrected chi connectivity index (χ3v) is 2.84. The second-order valence-electron chi connectivity index (χ2n) is 2.78. The fraction of sp³-hybridized carbons (Fsp3) is 1.00. The molecular formula is C7H14FNS. The average Bonchev–Trinajstić information content (AvgIpc) is 2.40. The van der Waals surface area contributed by atoms with Gasteiger partial charge in [0.05, 0.1) is 0 Å². The summed E-state index contributed by atoms with van der Waals surface area (Å²) in [6.07, 6.45) is 1.20. The van der Waals surface area contributed by atoms with Gasteiger partial charge in [-0.2, -0.15) is 11.8 Å². The number of alkyl halides is 1. The van der Waals surface area contributed by atoms with E-state index in [0.717, 1.165) is 5.75 Å². The summed E-state index contributed by atoms with van der Waals surface area (Å²) in [4.78, 5) is 0. The van der Waals surface area contributed by atoms with E-state index in [0.29, 0.717) is 6.04 Å². The van der Waals surface area contributed by atoms with Gasteiger partial charge < -0.3 is 5.32 Å². The van der Waals surface area contributed by atoms with Gasteiger partial charge in [-0.05, 0) is 19.1 Å². The first-order chi connectivity index (χ1) is 4.83. The molecule has 0 aliphatic carbocycles. The van der Waals surface area contributed by atoms with E-state index in [9.17, 15) is 4.39 Å². The molecule has 2 unspecified atom stereocenters. The molecule has 0 saturated carbocycles. The molecule has 0 spiro atoms. The zero-order valence-corrected chi connectivity index (χ0v) is 7.09. The summed E-state index contributed by atoms with van der Waals surface area (Å²) in [5.41, 5.74) is 0.